The van der Waals surface area contributed by atoms with Crippen LogP contribution in [0.2, 0.25) is 0 Å². The molecule has 43 heavy (non-hydrogen) atoms. The first-order valence-electron chi connectivity index (χ1n) is 13.6. The number of fused-ring (bicyclic) bond motifs is 1. The van der Waals surface area contributed by atoms with E-state index in [0.717, 1.165) is 12.1 Å². The SMILES string of the molecule is Cc1cc(-c2nnc(-c3ccc(C(=O)NCCNCc4cccc5c(N(C)C)cccc45)cc3)nn2)cc(C(F)(F)F)c1. The van der Waals surface area contributed by atoms with E-state index in [4.69, 9.17) is 0 Å². The lowest BCUT2D eigenvalue weighted by Gasteiger charge is -2.17. The molecular weight excluding hydrogens is 555 g/mol. The number of aromatic nitrogens is 4. The molecule has 4 aromatic carbocycles. The second kappa shape index (κ2) is 12.5. The fourth-order valence-corrected chi connectivity index (χ4v) is 4.80. The van der Waals surface area contributed by atoms with Crippen molar-refractivity contribution < 1.29 is 18.0 Å². The zero-order valence-electron chi connectivity index (χ0n) is 23.9. The minimum Gasteiger partial charge on any atom is -0.377 e. The lowest BCUT2D eigenvalue weighted by molar-refractivity contribution is -0.137. The van der Waals surface area contributed by atoms with Crippen LogP contribution in [0.1, 0.15) is 27.0 Å². The Bertz CT molecular complexity index is 1740. The highest BCUT2D eigenvalue weighted by Crippen LogP contribution is 2.32. The third kappa shape index (κ3) is 6.95. The van der Waals surface area contributed by atoms with E-state index in [9.17, 15) is 18.0 Å². The van der Waals surface area contributed by atoms with Crippen molar-refractivity contribution in [3.05, 3.63) is 101 Å². The van der Waals surface area contributed by atoms with Crippen LogP contribution in [0.4, 0.5) is 18.9 Å². The van der Waals surface area contributed by atoms with Gasteiger partial charge in [0.2, 0.25) is 11.6 Å². The van der Waals surface area contributed by atoms with Gasteiger partial charge in [0.15, 0.2) is 0 Å². The van der Waals surface area contributed by atoms with Gasteiger partial charge in [-0.1, -0.05) is 42.5 Å². The smallest absolute Gasteiger partial charge is 0.377 e. The Kier molecular flexibility index (Phi) is 8.63. The van der Waals surface area contributed by atoms with Gasteiger partial charge in [-0.2, -0.15) is 13.2 Å². The molecule has 0 saturated heterocycles. The summed E-state index contributed by atoms with van der Waals surface area (Å²) in [4.78, 5) is 14.7. The predicted molar refractivity (Wildman–Crippen MR) is 161 cm³/mol. The van der Waals surface area contributed by atoms with Gasteiger partial charge >= 0.3 is 6.18 Å². The first-order chi connectivity index (χ1) is 20.6. The number of hydrogen-bond donors (Lipinski definition) is 2. The van der Waals surface area contributed by atoms with Gasteiger partial charge in [0.1, 0.15) is 0 Å². The van der Waals surface area contributed by atoms with E-state index >= 15 is 0 Å². The van der Waals surface area contributed by atoms with Crippen molar-refractivity contribution in [1.82, 2.24) is 31.0 Å². The highest BCUT2D eigenvalue weighted by molar-refractivity contribution is 5.96. The van der Waals surface area contributed by atoms with Crippen LogP contribution in [0.5, 0.6) is 0 Å². The molecule has 5 rings (SSSR count). The number of benzene rings is 4. The minimum atomic E-state index is -4.49. The van der Waals surface area contributed by atoms with Gasteiger partial charge in [0.05, 0.1) is 5.56 Å². The Morgan fingerprint density at radius 1 is 0.791 bits per heavy atom. The van der Waals surface area contributed by atoms with Crippen LogP contribution in [0.15, 0.2) is 78.9 Å². The summed E-state index contributed by atoms with van der Waals surface area (Å²) in [6, 6.07) is 22.7. The van der Waals surface area contributed by atoms with Crippen LogP contribution in [0.3, 0.4) is 0 Å². The maximum absolute atomic E-state index is 13.2. The number of carbonyl (C=O) groups is 1. The molecule has 2 N–H and O–H groups in total. The molecule has 0 bridgehead atoms. The molecule has 1 heterocycles. The van der Waals surface area contributed by atoms with Crippen LogP contribution in [-0.4, -0.2) is 53.5 Å². The Hall–Kier alpha value is -4.90. The molecule has 5 aromatic rings. The number of amides is 1. The molecule has 0 atom stereocenters. The van der Waals surface area contributed by atoms with Crippen molar-refractivity contribution in [1.29, 1.82) is 0 Å². The van der Waals surface area contributed by atoms with Crippen molar-refractivity contribution in [2.45, 2.75) is 19.6 Å². The van der Waals surface area contributed by atoms with Crippen molar-refractivity contribution in [3.8, 4) is 22.8 Å². The lowest BCUT2D eigenvalue weighted by Crippen LogP contribution is -2.31. The second-order valence-corrected chi connectivity index (χ2v) is 10.3. The molecule has 0 fully saturated rings. The van der Waals surface area contributed by atoms with Crippen LogP contribution >= 0.6 is 0 Å². The number of aryl methyl sites for hydroxylation is 1. The highest BCUT2D eigenvalue weighted by atomic mass is 19.4. The number of nitrogens with one attached hydrogen (secondary N) is 2. The maximum Gasteiger partial charge on any atom is 0.416 e. The summed E-state index contributed by atoms with van der Waals surface area (Å²) in [6.45, 7) is 3.28. The first kappa shape index (κ1) is 29.6. The lowest BCUT2D eigenvalue weighted by atomic mass is 10.0. The Balaban J connectivity index is 1.15. The van der Waals surface area contributed by atoms with Crippen LogP contribution < -0.4 is 15.5 Å². The molecule has 0 unspecified atom stereocenters. The third-order valence-corrected chi connectivity index (χ3v) is 6.92. The molecule has 0 spiro atoms. The van der Waals surface area contributed by atoms with Crippen molar-refractivity contribution in [2.24, 2.45) is 0 Å². The molecule has 8 nitrogen and oxygen atoms in total. The number of alkyl halides is 3. The number of rotatable bonds is 9. The molecule has 0 saturated carbocycles. The summed E-state index contributed by atoms with van der Waals surface area (Å²) >= 11 is 0. The van der Waals surface area contributed by atoms with Gasteiger partial charge in [-0.15, -0.1) is 20.4 Å². The summed E-state index contributed by atoms with van der Waals surface area (Å²) in [7, 11) is 4.06. The average Bonchev–Trinajstić information content (AvgIpc) is 3.00. The standard InChI is InChI=1S/C32H30F3N7O/c1-20-16-24(18-25(17-20)32(33,34)35)30-40-38-29(39-41-30)21-10-12-22(13-11-21)31(43)37-15-14-36-19-23-6-4-8-27-26(23)7-5-9-28(27)42(2)3/h4-13,16-18,36H,14-15,19H2,1-3H3,(H,37,43). The zero-order valence-corrected chi connectivity index (χ0v) is 23.9. The van der Waals surface area contributed by atoms with Crippen molar-refractivity contribution in [3.63, 3.8) is 0 Å². The summed E-state index contributed by atoms with van der Waals surface area (Å²) in [5.74, 6) is -0.0439. The monoisotopic (exact) mass is 585 g/mol. The minimum absolute atomic E-state index is 0.0127. The average molecular weight is 586 g/mol. The topological polar surface area (TPSA) is 95.9 Å². The summed E-state index contributed by atoms with van der Waals surface area (Å²) in [6.07, 6.45) is -4.49. The summed E-state index contributed by atoms with van der Waals surface area (Å²) in [5.41, 5.74) is 3.19. The quantitative estimate of drug-likeness (QED) is 0.215. The number of carbonyl (C=O) groups excluding carboxylic acids is 1. The summed E-state index contributed by atoms with van der Waals surface area (Å²) in [5, 5.41) is 24.7. The molecule has 0 aliphatic heterocycles. The molecule has 0 aliphatic carbocycles. The second-order valence-electron chi connectivity index (χ2n) is 10.3. The predicted octanol–water partition coefficient (Wildman–Crippen LogP) is 5.67. The first-order valence-corrected chi connectivity index (χ1v) is 13.6. The Labute approximate surface area is 247 Å². The Morgan fingerprint density at radius 3 is 2.12 bits per heavy atom. The van der Waals surface area contributed by atoms with E-state index in [0.29, 0.717) is 36.3 Å². The van der Waals surface area contributed by atoms with Gasteiger partial charge in [0, 0.05) is 61.5 Å². The zero-order chi connectivity index (χ0) is 30.6. The fourth-order valence-electron chi connectivity index (χ4n) is 4.80. The number of nitrogens with zero attached hydrogens (tertiary/aromatic N) is 5. The van der Waals surface area contributed by atoms with E-state index < -0.39 is 11.7 Å². The fraction of sp³-hybridized carbons (Fsp3) is 0.219. The molecule has 1 aromatic heterocycles. The van der Waals surface area contributed by atoms with Crippen molar-refractivity contribution in [2.75, 3.05) is 32.1 Å². The largest absolute Gasteiger partial charge is 0.416 e. The van der Waals surface area contributed by atoms with Gasteiger partial charge in [-0.3, -0.25) is 4.79 Å². The van der Waals surface area contributed by atoms with Crippen LogP contribution in [-0.2, 0) is 12.7 Å². The van der Waals surface area contributed by atoms with E-state index in [1.165, 1.54) is 22.0 Å². The Morgan fingerprint density at radius 2 is 1.44 bits per heavy atom. The van der Waals surface area contributed by atoms with E-state index in [2.05, 4.69) is 72.3 Å². The van der Waals surface area contributed by atoms with E-state index in [-0.39, 0.29) is 23.1 Å². The molecule has 1 amide bonds. The van der Waals surface area contributed by atoms with Gasteiger partial charge in [-0.25, -0.2) is 0 Å². The third-order valence-electron chi connectivity index (χ3n) is 6.92. The van der Waals surface area contributed by atoms with Crippen molar-refractivity contribution >= 4 is 22.4 Å². The maximum atomic E-state index is 13.2. The van der Waals surface area contributed by atoms with Gasteiger partial charge < -0.3 is 15.5 Å². The summed E-state index contributed by atoms with van der Waals surface area (Å²) < 4.78 is 39.5. The van der Waals surface area contributed by atoms with E-state index in [1.54, 1.807) is 37.3 Å². The van der Waals surface area contributed by atoms with Crippen LogP contribution in [0, 0.1) is 6.92 Å². The molecule has 11 heteroatoms. The molecular formula is C32H30F3N7O. The number of halogens is 3. The highest BCUT2D eigenvalue weighted by Gasteiger charge is 2.31. The normalized spacial score (nSPS) is 11.5. The van der Waals surface area contributed by atoms with Gasteiger partial charge in [0.25, 0.3) is 5.91 Å². The molecule has 0 aliphatic rings. The molecule has 220 valence electrons. The van der Waals surface area contributed by atoms with Gasteiger partial charge in [-0.05, 0) is 59.8 Å². The van der Waals surface area contributed by atoms with E-state index in [1.807, 2.05) is 14.1 Å². The number of hydrogen-bond acceptors (Lipinski definition) is 7. The number of anilines is 1. The molecule has 0 radical (unpaired) electrons. The van der Waals surface area contributed by atoms with Crippen LogP contribution in [0.25, 0.3) is 33.5 Å².